The second kappa shape index (κ2) is 10.4. The fraction of sp³-hybridized carbons (Fsp3) is 0.172. The molecule has 0 amide bonds. The van der Waals surface area contributed by atoms with Crippen molar-refractivity contribution in [2.45, 2.75) is 0 Å². The van der Waals surface area contributed by atoms with Gasteiger partial charge in [-0.05, 0) is 55.6 Å². The quantitative estimate of drug-likeness (QED) is 0.330. The van der Waals surface area contributed by atoms with Crippen molar-refractivity contribution in [1.82, 2.24) is 24.6 Å². The third-order valence-corrected chi connectivity index (χ3v) is 7.13. The van der Waals surface area contributed by atoms with Gasteiger partial charge in [-0.2, -0.15) is 9.78 Å². The molecule has 0 spiro atoms. The third kappa shape index (κ3) is 5.06. The minimum Gasteiger partial charge on any atom is -0.369 e. The first kappa shape index (κ1) is 25.0. The van der Waals surface area contributed by atoms with Crippen LogP contribution in [0.5, 0.6) is 0 Å². The topological polar surface area (TPSA) is 79.2 Å². The summed E-state index contributed by atoms with van der Waals surface area (Å²) in [5, 5.41) is 8.40. The van der Waals surface area contributed by atoms with E-state index in [4.69, 9.17) is 11.6 Å². The molecule has 1 aliphatic heterocycles. The van der Waals surface area contributed by atoms with Crippen LogP contribution in [0, 0.1) is 5.82 Å². The maximum Gasteiger partial charge on any atom is 0.282 e. The van der Waals surface area contributed by atoms with Crippen LogP contribution in [-0.2, 0) is 0 Å². The molecule has 5 aromatic rings. The molecule has 1 fully saturated rings. The fourth-order valence-corrected chi connectivity index (χ4v) is 4.87. The van der Waals surface area contributed by atoms with Crippen LogP contribution < -0.4 is 15.8 Å². The molecule has 39 heavy (non-hydrogen) atoms. The number of anilines is 3. The Morgan fingerprint density at radius 3 is 2.46 bits per heavy atom. The van der Waals surface area contributed by atoms with Crippen LogP contribution >= 0.6 is 11.6 Å². The SMILES string of the molecule is CN1CCN(c2ccc(Nc3ncc4c(=O)n(-c5ccccc5Cl)nc(-c5cccc(F)c5)c4n3)cc2)CC1. The average molecular weight is 542 g/mol. The molecule has 8 nitrogen and oxygen atoms in total. The third-order valence-electron chi connectivity index (χ3n) is 6.81. The average Bonchev–Trinajstić information content (AvgIpc) is 2.95. The highest BCUT2D eigenvalue weighted by molar-refractivity contribution is 6.32. The Hall–Kier alpha value is -4.34. The first-order valence-corrected chi connectivity index (χ1v) is 13.0. The lowest BCUT2D eigenvalue weighted by Crippen LogP contribution is -2.44. The van der Waals surface area contributed by atoms with Gasteiger partial charge in [0.1, 0.15) is 17.0 Å². The molecule has 1 saturated heterocycles. The monoisotopic (exact) mass is 541 g/mol. The van der Waals surface area contributed by atoms with E-state index in [2.05, 4.69) is 49.4 Å². The van der Waals surface area contributed by atoms with Crippen LogP contribution in [0.3, 0.4) is 0 Å². The highest BCUT2D eigenvalue weighted by atomic mass is 35.5. The van der Waals surface area contributed by atoms with E-state index in [9.17, 15) is 9.18 Å². The van der Waals surface area contributed by atoms with E-state index in [1.54, 1.807) is 36.4 Å². The number of rotatable bonds is 5. The first-order chi connectivity index (χ1) is 19.0. The second-order valence-electron chi connectivity index (χ2n) is 9.45. The van der Waals surface area contributed by atoms with E-state index in [0.717, 1.165) is 37.6 Å². The highest BCUT2D eigenvalue weighted by Crippen LogP contribution is 2.28. The van der Waals surface area contributed by atoms with E-state index < -0.39 is 11.4 Å². The molecule has 0 saturated carbocycles. The summed E-state index contributed by atoms with van der Waals surface area (Å²) in [7, 11) is 2.13. The standard InChI is InChI=1S/C29H25ClFN7O/c1-36-13-15-37(16-14-36)22-11-9-21(10-12-22)33-29-32-18-23-27(34-29)26(19-5-4-6-20(31)17-19)35-38(28(23)39)25-8-3-2-7-24(25)30/h2-12,17-18H,13-16H2,1H3,(H,32,33,34). The Morgan fingerprint density at radius 1 is 0.949 bits per heavy atom. The van der Waals surface area contributed by atoms with Gasteiger partial charge in [-0.1, -0.05) is 35.9 Å². The number of halogens is 2. The Balaban J connectivity index is 1.40. The normalized spacial score (nSPS) is 14.1. The molecular weight excluding hydrogens is 517 g/mol. The van der Waals surface area contributed by atoms with Gasteiger partial charge in [0, 0.05) is 49.3 Å². The number of nitrogens with zero attached hydrogens (tertiary/aromatic N) is 6. The number of hydrogen-bond donors (Lipinski definition) is 1. The van der Waals surface area contributed by atoms with Crippen LogP contribution in [0.15, 0.2) is 83.8 Å². The van der Waals surface area contributed by atoms with Crippen molar-refractivity contribution < 1.29 is 4.39 Å². The van der Waals surface area contributed by atoms with Gasteiger partial charge in [-0.3, -0.25) is 4.79 Å². The molecular formula is C29H25ClFN7O. The van der Waals surface area contributed by atoms with Gasteiger partial charge in [0.2, 0.25) is 5.95 Å². The number of benzene rings is 3. The van der Waals surface area contributed by atoms with Gasteiger partial charge in [0.15, 0.2) is 0 Å². The van der Waals surface area contributed by atoms with Gasteiger partial charge in [-0.25, -0.2) is 14.4 Å². The number of likely N-dealkylation sites (N-methyl/N-ethyl adjacent to an activating group) is 1. The van der Waals surface area contributed by atoms with Crippen molar-refractivity contribution >= 4 is 39.8 Å². The zero-order valence-electron chi connectivity index (χ0n) is 21.2. The Morgan fingerprint density at radius 2 is 1.72 bits per heavy atom. The molecule has 1 N–H and O–H groups in total. The zero-order chi connectivity index (χ0) is 26.9. The van der Waals surface area contributed by atoms with Crippen molar-refractivity contribution in [2.75, 3.05) is 43.4 Å². The number of para-hydroxylation sites is 1. The number of nitrogens with one attached hydrogen (secondary N) is 1. The van der Waals surface area contributed by atoms with Crippen molar-refractivity contribution in [3.05, 3.63) is 100 Å². The number of aromatic nitrogens is 4. The van der Waals surface area contributed by atoms with Crippen LogP contribution in [0.1, 0.15) is 0 Å². The van der Waals surface area contributed by atoms with Gasteiger partial charge in [-0.15, -0.1) is 0 Å². The summed E-state index contributed by atoms with van der Waals surface area (Å²) in [5.74, 6) is -0.130. The second-order valence-corrected chi connectivity index (χ2v) is 9.85. The molecule has 2 aromatic heterocycles. The van der Waals surface area contributed by atoms with E-state index in [-0.39, 0.29) is 5.39 Å². The molecule has 0 unspecified atom stereocenters. The predicted molar refractivity (Wildman–Crippen MR) is 153 cm³/mol. The lowest BCUT2D eigenvalue weighted by Gasteiger charge is -2.34. The van der Waals surface area contributed by atoms with E-state index in [1.165, 1.54) is 23.0 Å². The molecule has 10 heteroatoms. The van der Waals surface area contributed by atoms with Crippen LogP contribution in [-0.4, -0.2) is 57.9 Å². The lowest BCUT2D eigenvalue weighted by molar-refractivity contribution is 0.313. The fourth-order valence-electron chi connectivity index (χ4n) is 4.65. The summed E-state index contributed by atoms with van der Waals surface area (Å²) in [6, 6.07) is 21.0. The van der Waals surface area contributed by atoms with E-state index >= 15 is 0 Å². The minimum atomic E-state index is -0.429. The number of piperazine rings is 1. The number of hydrogen-bond acceptors (Lipinski definition) is 7. The van der Waals surface area contributed by atoms with Crippen molar-refractivity contribution in [3.8, 4) is 16.9 Å². The lowest BCUT2D eigenvalue weighted by atomic mass is 10.1. The largest absolute Gasteiger partial charge is 0.369 e. The van der Waals surface area contributed by atoms with Gasteiger partial charge >= 0.3 is 0 Å². The summed E-state index contributed by atoms with van der Waals surface area (Å²) in [6.45, 7) is 4.03. The molecule has 0 radical (unpaired) electrons. The van der Waals surface area contributed by atoms with Gasteiger partial charge < -0.3 is 15.1 Å². The molecule has 6 rings (SSSR count). The molecule has 3 aromatic carbocycles. The van der Waals surface area contributed by atoms with Crippen LogP contribution in [0.4, 0.5) is 21.7 Å². The predicted octanol–water partition coefficient (Wildman–Crippen LogP) is 5.13. The smallest absolute Gasteiger partial charge is 0.282 e. The summed E-state index contributed by atoms with van der Waals surface area (Å²) in [6.07, 6.45) is 1.46. The summed E-state index contributed by atoms with van der Waals surface area (Å²) in [4.78, 5) is 27.2. The maximum absolute atomic E-state index is 14.2. The maximum atomic E-state index is 14.2. The van der Waals surface area contributed by atoms with Crippen LogP contribution in [0.25, 0.3) is 27.8 Å². The Kier molecular flexibility index (Phi) is 6.68. The van der Waals surface area contributed by atoms with Crippen molar-refractivity contribution in [3.63, 3.8) is 0 Å². The molecule has 0 aliphatic carbocycles. The number of fused-ring (bicyclic) bond motifs is 1. The van der Waals surface area contributed by atoms with Crippen molar-refractivity contribution in [1.29, 1.82) is 0 Å². The van der Waals surface area contributed by atoms with Crippen LogP contribution in [0.2, 0.25) is 5.02 Å². The van der Waals surface area contributed by atoms with E-state index in [0.29, 0.717) is 33.4 Å². The minimum absolute atomic E-state index is 0.236. The van der Waals surface area contributed by atoms with E-state index in [1.807, 2.05) is 12.1 Å². The molecule has 0 atom stereocenters. The molecule has 3 heterocycles. The van der Waals surface area contributed by atoms with Gasteiger partial charge in [0.25, 0.3) is 5.56 Å². The summed E-state index contributed by atoms with van der Waals surface area (Å²) in [5.41, 5.74) is 3.05. The molecule has 0 bridgehead atoms. The Labute approximate surface area is 229 Å². The summed E-state index contributed by atoms with van der Waals surface area (Å²) < 4.78 is 15.4. The molecule has 1 aliphatic rings. The van der Waals surface area contributed by atoms with Gasteiger partial charge in [0.05, 0.1) is 16.1 Å². The highest BCUT2D eigenvalue weighted by Gasteiger charge is 2.18. The summed E-state index contributed by atoms with van der Waals surface area (Å²) >= 11 is 6.38. The zero-order valence-corrected chi connectivity index (χ0v) is 21.9. The molecule has 196 valence electrons. The first-order valence-electron chi connectivity index (χ1n) is 12.6. The van der Waals surface area contributed by atoms with Crippen molar-refractivity contribution in [2.24, 2.45) is 0 Å². The Bertz CT molecular complexity index is 1720.